The van der Waals surface area contributed by atoms with Crippen molar-refractivity contribution in [1.29, 1.82) is 0 Å². The zero-order chi connectivity index (χ0) is 25.7. The third-order valence-electron chi connectivity index (χ3n) is 5.20. The lowest BCUT2D eigenvalue weighted by Gasteiger charge is -2.31. The average molecular weight is 500 g/mol. The van der Waals surface area contributed by atoms with E-state index in [1.807, 2.05) is 13.8 Å². The van der Waals surface area contributed by atoms with Crippen LogP contribution in [0.2, 0.25) is 0 Å². The van der Waals surface area contributed by atoms with Gasteiger partial charge >= 0.3 is 0 Å². The number of hydrogen-bond acceptors (Lipinski definition) is 7. The highest BCUT2D eigenvalue weighted by atomic mass is 32.1. The molecule has 1 aromatic heterocycles. The Morgan fingerprint density at radius 1 is 1.17 bits per heavy atom. The van der Waals surface area contributed by atoms with Gasteiger partial charge in [0.25, 0.3) is 11.8 Å². The summed E-state index contributed by atoms with van der Waals surface area (Å²) >= 11 is 0.656. The minimum Gasteiger partial charge on any atom is -0.508 e. The number of nitrogen functional groups attached to an aromatic ring is 1. The van der Waals surface area contributed by atoms with Gasteiger partial charge < -0.3 is 21.9 Å². The minimum absolute atomic E-state index is 0.0332. The second kappa shape index (κ2) is 11.0. The van der Waals surface area contributed by atoms with Crippen molar-refractivity contribution in [3.8, 4) is 5.75 Å². The van der Waals surface area contributed by atoms with Gasteiger partial charge in [0.2, 0.25) is 5.91 Å². The van der Waals surface area contributed by atoms with Gasteiger partial charge in [-0.3, -0.25) is 19.3 Å². The highest BCUT2D eigenvalue weighted by Gasteiger charge is 2.36. The number of nitrogens with zero attached hydrogens (tertiary/aromatic N) is 2. The molecule has 0 saturated heterocycles. The summed E-state index contributed by atoms with van der Waals surface area (Å²) in [5, 5.41) is 12.6. The topological polar surface area (TPSA) is 152 Å². The van der Waals surface area contributed by atoms with Crippen LogP contribution in [0.25, 0.3) is 0 Å². The zero-order valence-electron chi connectivity index (χ0n) is 19.2. The van der Waals surface area contributed by atoms with Gasteiger partial charge in [-0.1, -0.05) is 32.0 Å². The number of nitrogens with two attached hydrogens (primary N) is 2. The van der Waals surface area contributed by atoms with Gasteiger partial charge in [0.05, 0.1) is 5.69 Å². The molecule has 11 heteroatoms. The number of phenols is 1. The first-order chi connectivity index (χ1) is 16.6. The smallest absolute Gasteiger partial charge is 0.273 e. The molecular formula is C24H26FN5O4S. The largest absolute Gasteiger partial charge is 0.508 e. The predicted molar refractivity (Wildman–Crippen MR) is 132 cm³/mol. The summed E-state index contributed by atoms with van der Waals surface area (Å²) in [5.41, 5.74) is 11.2. The molecular weight excluding hydrogens is 473 g/mol. The maximum atomic E-state index is 14.2. The number of nitrogens with one attached hydrogen (secondary N) is 1. The lowest BCUT2D eigenvalue weighted by Crippen LogP contribution is -2.44. The van der Waals surface area contributed by atoms with Crippen LogP contribution < -0.4 is 21.7 Å². The Morgan fingerprint density at radius 3 is 2.43 bits per heavy atom. The monoisotopic (exact) mass is 499 g/mol. The molecule has 0 radical (unpaired) electrons. The first kappa shape index (κ1) is 25.6. The number of halogens is 1. The molecule has 3 amide bonds. The summed E-state index contributed by atoms with van der Waals surface area (Å²) < 4.78 is 18.1. The normalized spacial score (nSPS) is 11.8. The van der Waals surface area contributed by atoms with Crippen molar-refractivity contribution in [1.82, 2.24) is 9.69 Å². The number of phenolic OH excluding ortho intramolecular Hbond substituents is 1. The minimum atomic E-state index is -1.25. The van der Waals surface area contributed by atoms with Crippen molar-refractivity contribution in [3.05, 3.63) is 70.5 Å². The summed E-state index contributed by atoms with van der Waals surface area (Å²) in [6.45, 7) is 4.37. The third kappa shape index (κ3) is 5.93. The Bertz CT molecular complexity index is 1230. The maximum Gasteiger partial charge on any atom is 0.273 e. The Labute approximate surface area is 205 Å². The van der Waals surface area contributed by atoms with Crippen LogP contribution in [-0.4, -0.2) is 33.7 Å². The number of benzene rings is 2. The maximum absolute atomic E-state index is 14.2. The van der Waals surface area contributed by atoms with E-state index in [1.165, 1.54) is 42.5 Å². The van der Waals surface area contributed by atoms with Crippen LogP contribution in [0.4, 0.5) is 15.8 Å². The second-order valence-corrected chi connectivity index (χ2v) is 9.03. The standard InChI is InChI=1S/C24H26FN5O4S/c1-13(2)10-11-28-23(33)20(14-6-8-17(31)9-7-14)30(16-5-3-4-15(25)12-16)24(34)21-18(26)19(22(27)32)29-35-21/h3-9,12-13,20,31H,10-11,26H2,1-2H3,(H2,27,32)(H,28,33). The Kier molecular flexibility index (Phi) is 8.02. The van der Waals surface area contributed by atoms with Crippen LogP contribution in [0.3, 0.4) is 0 Å². The molecule has 0 spiro atoms. The second-order valence-electron chi connectivity index (χ2n) is 8.26. The van der Waals surface area contributed by atoms with Crippen molar-refractivity contribution in [3.63, 3.8) is 0 Å². The van der Waals surface area contributed by atoms with E-state index in [1.54, 1.807) is 0 Å². The number of rotatable bonds is 9. The van der Waals surface area contributed by atoms with E-state index >= 15 is 0 Å². The quantitative estimate of drug-likeness (QED) is 0.355. The van der Waals surface area contributed by atoms with Crippen molar-refractivity contribution in [2.24, 2.45) is 11.7 Å². The Hall–Kier alpha value is -3.99. The number of aromatic nitrogens is 1. The number of carbonyl (C=O) groups excluding carboxylic acids is 3. The first-order valence-electron chi connectivity index (χ1n) is 10.8. The molecule has 0 saturated carbocycles. The fourth-order valence-corrected chi connectivity index (χ4v) is 4.15. The van der Waals surface area contributed by atoms with E-state index in [4.69, 9.17) is 11.5 Å². The van der Waals surface area contributed by atoms with E-state index < -0.39 is 29.6 Å². The molecule has 0 bridgehead atoms. The van der Waals surface area contributed by atoms with E-state index in [2.05, 4.69) is 9.69 Å². The van der Waals surface area contributed by atoms with Gasteiger partial charge in [0, 0.05) is 12.2 Å². The van der Waals surface area contributed by atoms with Gasteiger partial charge in [-0.25, -0.2) is 4.39 Å². The van der Waals surface area contributed by atoms with E-state index in [0.717, 1.165) is 11.0 Å². The fourth-order valence-electron chi connectivity index (χ4n) is 3.40. The van der Waals surface area contributed by atoms with Crippen LogP contribution in [0.5, 0.6) is 5.75 Å². The van der Waals surface area contributed by atoms with Crippen molar-refractivity contribution < 1.29 is 23.9 Å². The lowest BCUT2D eigenvalue weighted by atomic mass is 10.0. The van der Waals surface area contributed by atoms with Crippen LogP contribution in [0.15, 0.2) is 48.5 Å². The van der Waals surface area contributed by atoms with Gasteiger partial charge in [0.15, 0.2) is 5.69 Å². The number of carbonyl (C=O) groups is 3. The number of hydrogen-bond donors (Lipinski definition) is 4. The summed E-state index contributed by atoms with van der Waals surface area (Å²) in [6.07, 6.45) is 0.700. The van der Waals surface area contributed by atoms with Gasteiger partial charge in [-0.05, 0) is 59.8 Å². The van der Waals surface area contributed by atoms with E-state index in [9.17, 15) is 23.9 Å². The SMILES string of the molecule is CC(C)CCNC(=O)C(c1ccc(O)cc1)N(C(=O)c1snc(C(N)=O)c1N)c1cccc(F)c1. The van der Waals surface area contributed by atoms with Gasteiger partial charge in [-0.2, -0.15) is 4.37 Å². The first-order valence-corrected chi connectivity index (χ1v) is 11.6. The van der Waals surface area contributed by atoms with Gasteiger partial charge in [0.1, 0.15) is 22.5 Å². The third-order valence-corrected chi connectivity index (χ3v) is 6.05. The number of aromatic hydroxyl groups is 1. The molecule has 0 fully saturated rings. The predicted octanol–water partition coefficient (Wildman–Crippen LogP) is 3.22. The molecule has 2 aromatic carbocycles. The lowest BCUT2D eigenvalue weighted by molar-refractivity contribution is -0.122. The van der Waals surface area contributed by atoms with Crippen LogP contribution in [-0.2, 0) is 4.79 Å². The average Bonchev–Trinajstić information content (AvgIpc) is 3.19. The van der Waals surface area contributed by atoms with E-state index in [-0.39, 0.29) is 27.7 Å². The summed E-state index contributed by atoms with van der Waals surface area (Å²) in [4.78, 5) is 39.9. The number of amides is 3. The highest BCUT2D eigenvalue weighted by molar-refractivity contribution is 7.09. The summed E-state index contributed by atoms with van der Waals surface area (Å²) in [6, 6.07) is 9.68. The molecule has 1 atom stereocenters. The zero-order valence-corrected chi connectivity index (χ0v) is 20.0. The van der Waals surface area contributed by atoms with Crippen molar-refractivity contribution in [2.75, 3.05) is 17.2 Å². The van der Waals surface area contributed by atoms with Crippen LogP contribution in [0, 0.1) is 11.7 Å². The van der Waals surface area contributed by atoms with E-state index in [0.29, 0.717) is 36.0 Å². The molecule has 0 aliphatic heterocycles. The van der Waals surface area contributed by atoms with Crippen molar-refractivity contribution >= 4 is 40.6 Å². The number of primary amides is 1. The molecule has 3 rings (SSSR count). The molecule has 35 heavy (non-hydrogen) atoms. The molecule has 0 aliphatic rings. The van der Waals surface area contributed by atoms with Crippen LogP contribution in [0.1, 0.15) is 52.0 Å². The molecule has 6 N–H and O–H groups in total. The Balaban J connectivity index is 2.16. The summed E-state index contributed by atoms with van der Waals surface area (Å²) in [5.74, 6) is -2.53. The summed E-state index contributed by atoms with van der Waals surface area (Å²) in [7, 11) is 0. The Morgan fingerprint density at radius 2 is 1.86 bits per heavy atom. The number of anilines is 2. The molecule has 1 heterocycles. The van der Waals surface area contributed by atoms with Crippen LogP contribution >= 0.6 is 11.5 Å². The fraction of sp³-hybridized carbons (Fsp3) is 0.250. The molecule has 9 nitrogen and oxygen atoms in total. The molecule has 1 unspecified atom stereocenters. The van der Waals surface area contributed by atoms with Crippen molar-refractivity contribution in [2.45, 2.75) is 26.3 Å². The highest BCUT2D eigenvalue weighted by Crippen LogP contribution is 2.34. The molecule has 0 aliphatic carbocycles. The molecule has 184 valence electrons. The molecule has 3 aromatic rings. The van der Waals surface area contributed by atoms with Gasteiger partial charge in [-0.15, -0.1) is 0 Å².